The third-order valence-corrected chi connectivity index (χ3v) is 10.1. The Morgan fingerprint density at radius 1 is 0.857 bits per heavy atom. The Labute approximate surface area is 171 Å². The van der Waals surface area contributed by atoms with Crippen molar-refractivity contribution in [2.45, 2.75) is 53.7 Å². The minimum Gasteiger partial charge on any atom is -0.223 e. The summed E-state index contributed by atoms with van der Waals surface area (Å²) >= 11 is 5.88. The molecule has 2 aromatic carbocycles. The fourth-order valence-corrected chi connectivity index (χ4v) is 8.51. The molecule has 2 aliphatic heterocycles. The van der Waals surface area contributed by atoms with Crippen LogP contribution in [0, 0.1) is 0 Å². The molecule has 2 fully saturated rings. The van der Waals surface area contributed by atoms with Crippen molar-refractivity contribution < 1.29 is 16.8 Å². The standard InChI is InChI=1S/C20H22ClNO4S2/c21-16-8-6-15(7-9-16)14-27(23,24)22-17-10-11-18(22)13-20(12-17)28(25,26)19-4-2-1-3-5-19/h1-9,17-18,20H,10-14H2. The highest BCUT2D eigenvalue weighted by atomic mass is 35.5. The molecule has 150 valence electrons. The lowest BCUT2D eigenvalue weighted by Gasteiger charge is -2.37. The summed E-state index contributed by atoms with van der Waals surface area (Å²) in [6.45, 7) is 0. The van der Waals surface area contributed by atoms with Gasteiger partial charge in [-0.25, -0.2) is 16.8 Å². The molecule has 8 heteroatoms. The van der Waals surface area contributed by atoms with Gasteiger partial charge in [0.15, 0.2) is 9.84 Å². The number of hydrogen-bond donors (Lipinski definition) is 0. The highest BCUT2D eigenvalue weighted by Gasteiger charge is 2.49. The molecule has 2 heterocycles. The molecular weight excluding hydrogens is 418 g/mol. The smallest absolute Gasteiger partial charge is 0.218 e. The first-order chi connectivity index (χ1) is 13.3. The van der Waals surface area contributed by atoms with Crippen LogP contribution >= 0.6 is 11.6 Å². The van der Waals surface area contributed by atoms with Gasteiger partial charge in [-0.15, -0.1) is 0 Å². The van der Waals surface area contributed by atoms with E-state index < -0.39 is 25.1 Å². The molecule has 2 aromatic rings. The van der Waals surface area contributed by atoms with Gasteiger partial charge in [0.05, 0.1) is 15.9 Å². The third kappa shape index (κ3) is 3.73. The van der Waals surface area contributed by atoms with E-state index in [1.165, 1.54) is 0 Å². The Morgan fingerprint density at radius 3 is 2.00 bits per heavy atom. The minimum absolute atomic E-state index is 0.0900. The Balaban J connectivity index is 1.55. The lowest BCUT2D eigenvalue weighted by molar-refractivity contribution is 0.248. The predicted octanol–water partition coefficient (Wildman–Crippen LogP) is 3.64. The molecule has 0 saturated carbocycles. The van der Waals surface area contributed by atoms with Crippen LogP contribution < -0.4 is 0 Å². The van der Waals surface area contributed by atoms with E-state index in [2.05, 4.69) is 0 Å². The summed E-state index contributed by atoms with van der Waals surface area (Å²) in [6, 6.07) is 14.7. The van der Waals surface area contributed by atoms with Crippen LogP contribution in [0.25, 0.3) is 0 Å². The highest BCUT2D eigenvalue weighted by molar-refractivity contribution is 7.92. The molecule has 0 spiro atoms. The van der Waals surface area contributed by atoms with E-state index in [-0.39, 0.29) is 17.8 Å². The fourth-order valence-electron chi connectivity index (χ4n) is 4.46. The number of sulfonamides is 1. The first-order valence-corrected chi connectivity index (χ1v) is 12.9. The topological polar surface area (TPSA) is 71.5 Å². The SMILES string of the molecule is O=S(=O)(c1ccccc1)C1CC2CCC(C1)N2S(=O)(=O)Cc1ccc(Cl)cc1. The van der Waals surface area contributed by atoms with Crippen molar-refractivity contribution in [3.8, 4) is 0 Å². The molecule has 0 aliphatic carbocycles. The zero-order valence-corrected chi connectivity index (χ0v) is 17.6. The summed E-state index contributed by atoms with van der Waals surface area (Å²) in [5.74, 6) is -0.0900. The van der Waals surface area contributed by atoms with E-state index in [9.17, 15) is 16.8 Å². The number of nitrogens with zero attached hydrogens (tertiary/aromatic N) is 1. The zero-order valence-electron chi connectivity index (χ0n) is 15.2. The highest BCUT2D eigenvalue weighted by Crippen LogP contribution is 2.42. The molecule has 2 bridgehead atoms. The van der Waals surface area contributed by atoms with E-state index in [1.54, 1.807) is 58.9 Å². The van der Waals surface area contributed by atoms with Crippen LogP contribution in [0.15, 0.2) is 59.5 Å². The van der Waals surface area contributed by atoms with E-state index in [4.69, 9.17) is 11.6 Å². The molecule has 2 saturated heterocycles. The van der Waals surface area contributed by atoms with Crippen molar-refractivity contribution in [3.05, 3.63) is 65.2 Å². The molecule has 28 heavy (non-hydrogen) atoms. The Morgan fingerprint density at radius 2 is 1.43 bits per heavy atom. The second-order valence-corrected chi connectivity index (χ2v) is 12.1. The van der Waals surface area contributed by atoms with Gasteiger partial charge in [0, 0.05) is 17.1 Å². The summed E-state index contributed by atoms with van der Waals surface area (Å²) in [5, 5.41) is 0.0301. The van der Waals surface area contributed by atoms with E-state index in [0.717, 1.165) is 0 Å². The van der Waals surface area contributed by atoms with E-state index in [0.29, 0.717) is 41.2 Å². The predicted molar refractivity (Wildman–Crippen MR) is 109 cm³/mol. The van der Waals surface area contributed by atoms with Crippen molar-refractivity contribution >= 4 is 31.5 Å². The summed E-state index contributed by atoms with van der Waals surface area (Å²) in [6.07, 6.45) is 2.14. The maximum absolute atomic E-state index is 13.1. The van der Waals surface area contributed by atoms with Crippen molar-refractivity contribution in [1.82, 2.24) is 4.31 Å². The molecule has 0 amide bonds. The van der Waals surface area contributed by atoms with Crippen LogP contribution in [-0.4, -0.2) is 38.5 Å². The van der Waals surface area contributed by atoms with Gasteiger partial charge >= 0.3 is 0 Å². The summed E-state index contributed by atoms with van der Waals surface area (Å²) in [7, 11) is -6.98. The summed E-state index contributed by atoms with van der Waals surface area (Å²) < 4.78 is 53.7. The average molecular weight is 440 g/mol. The number of benzene rings is 2. The van der Waals surface area contributed by atoms with Crippen LogP contribution in [0.1, 0.15) is 31.2 Å². The number of hydrogen-bond acceptors (Lipinski definition) is 4. The van der Waals surface area contributed by atoms with Crippen molar-refractivity contribution in [2.24, 2.45) is 0 Å². The normalized spacial score (nSPS) is 25.7. The number of piperidine rings is 1. The Hall–Kier alpha value is -1.41. The average Bonchev–Trinajstić information content (AvgIpc) is 2.95. The molecule has 0 radical (unpaired) electrons. The van der Waals surface area contributed by atoms with Gasteiger partial charge in [0.1, 0.15) is 0 Å². The first kappa shape index (κ1) is 19.9. The van der Waals surface area contributed by atoms with Gasteiger partial charge in [-0.2, -0.15) is 4.31 Å². The lowest BCUT2D eigenvalue weighted by atomic mass is 10.1. The van der Waals surface area contributed by atoms with Crippen molar-refractivity contribution in [3.63, 3.8) is 0 Å². The van der Waals surface area contributed by atoms with Crippen LogP contribution in [0.5, 0.6) is 0 Å². The van der Waals surface area contributed by atoms with Gasteiger partial charge in [-0.3, -0.25) is 0 Å². The maximum atomic E-state index is 13.1. The molecule has 0 N–H and O–H groups in total. The van der Waals surface area contributed by atoms with Crippen molar-refractivity contribution in [2.75, 3.05) is 0 Å². The monoisotopic (exact) mass is 439 g/mol. The third-order valence-electron chi connectivity index (χ3n) is 5.72. The number of halogens is 1. The van der Waals surface area contributed by atoms with Crippen LogP contribution in [0.2, 0.25) is 5.02 Å². The minimum atomic E-state index is -3.52. The van der Waals surface area contributed by atoms with Gasteiger partial charge in [-0.05, 0) is 55.5 Å². The maximum Gasteiger partial charge on any atom is 0.218 e. The molecule has 0 aromatic heterocycles. The quantitative estimate of drug-likeness (QED) is 0.713. The van der Waals surface area contributed by atoms with Crippen molar-refractivity contribution in [1.29, 1.82) is 0 Å². The Bertz CT molecular complexity index is 1040. The largest absolute Gasteiger partial charge is 0.223 e. The second-order valence-electron chi connectivity index (χ2n) is 7.55. The molecular formula is C20H22ClNO4S2. The lowest BCUT2D eigenvalue weighted by Crippen LogP contribution is -2.49. The van der Waals surface area contributed by atoms with Crippen LogP contribution in [-0.2, 0) is 25.6 Å². The van der Waals surface area contributed by atoms with E-state index >= 15 is 0 Å². The molecule has 2 aliphatic rings. The van der Waals surface area contributed by atoms with Gasteiger partial charge in [0.25, 0.3) is 0 Å². The fraction of sp³-hybridized carbons (Fsp3) is 0.400. The summed E-state index contributed by atoms with van der Waals surface area (Å²) in [5.41, 5.74) is 0.683. The molecule has 5 nitrogen and oxygen atoms in total. The number of fused-ring (bicyclic) bond motifs is 2. The van der Waals surface area contributed by atoms with Gasteiger partial charge in [-0.1, -0.05) is 41.9 Å². The van der Waals surface area contributed by atoms with Gasteiger partial charge in [0.2, 0.25) is 10.0 Å². The van der Waals surface area contributed by atoms with Crippen LogP contribution in [0.4, 0.5) is 0 Å². The molecule has 2 unspecified atom stereocenters. The number of sulfone groups is 1. The van der Waals surface area contributed by atoms with Gasteiger partial charge < -0.3 is 0 Å². The molecule has 2 atom stereocenters. The molecule has 4 rings (SSSR count). The summed E-state index contributed by atoms with van der Waals surface area (Å²) in [4.78, 5) is 0.317. The first-order valence-electron chi connectivity index (χ1n) is 9.32. The van der Waals surface area contributed by atoms with E-state index in [1.807, 2.05) is 0 Å². The van der Waals surface area contributed by atoms with Crippen LogP contribution in [0.3, 0.4) is 0 Å². The second kappa shape index (κ2) is 7.44. The Kier molecular flexibility index (Phi) is 5.29. The zero-order chi connectivity index (χ0) is 19.9. The number of rotatable bonds is 5.